The predicted octanol–water partition coefficient (Wildman–Crippen LogP) is 1.75. The molecule has 1 atom stereocenters. The van der Waals surface area contributed by atoms with Crippen molar-refractivity contribution < 1.29 is 0 Å². The summed E-state index contributed by atoms with van der Waals surface area (Å²) in [5, 5.41) is 12.6. The quantitative estimate of drug-likeness (QED) is 0.851. The highest BCUT2D eigenvalue weighted by molar-refractivity contribution is 7.13. The molecule has 1 saturated heterocycles. The Hall–Kier alpha value is -0.680. The number of rotatable bonds is 5. The van der Waals surface area contributed by atoms with Gasteiger partial charge in [0.2, 0.25) is 5.13 Å². The third-order valence-electron chi connectivity index (χ3n) is 2.99. The zero-order chi connectivity index (χ0) is 11.2. The van der Waals surface area contributed by atoms with E-state index in [0.29, 0.717) is 0 Å². The number of aromatic nitrogens is 2. The Bertz CT molecular complexity index is 282. The minimum absolute atomic E-state index is 0.768. The van der Waals surface area contributed by atoms with E-state index >= 15 is 0 Å². The van der Waals surface area contributed by atoms with Crippen molar-refractivity contribution in [1.29, 1.82) is 0 Å². The summed E-state index contributed by atoms with van der Waals surface area (Å²) in [6.45, 7) is 6.76. The fraction of sp³-hybridized carbons (Fsp3) is 0.818. The minimum atomic E-state index is 0.768. The molecule has 2 rings (SSSR count). The molecule has 0 saturated carbocycles. The van der Waals surface area contributed by atoms with Crippen LogP contribution in [0.5, 0.6) is 0 Å². The average Bonchev–Trinajstić information content (AvgIpc) is 2.83. The van der Waals surface area contributed by atoms with Crippen molar-refractivity contribution in [1.82, 2.24) is 15.5 Å². The zero-order valence-electron chi connectivity index (χ0n) is 9.85. The maximum absolute atomic E-state index is 4.17. The molecule has 1 unspecified atom stereocenters. The van der Waals surface area contributed by atoms with Gasteiger partial charge in [0.25, 0.3) is 0 Å². The molecular formula is C11H20N4S. The normalized spacial score (nSPS) is 20.9. The second kappa shape index (κ2) is 6.15. The molecule has 1 aromatic heterocycles. The lowest BCUT2D eigenvalue weighted by Gasteiger charge is -2.29. The van der Waals surface area contributed by atoms with Gasteiger partial charge in [-0.05, 0) is 38.3 Å². The lowest BCUT2D eigenvalue weighted by molar-refractivity contribution is 0.376. The van der Waals surface area contributed by atoms with Gasteiger partial charge in [-0.15, -0.1) is 10.2 Å². The molecule has 1 aliphatic rings. The Morgan fingerprint density at radius 2 is 2.56 bits per heavy atom. The molecule has 1 aliphatic heterocycles. The van der Waals surface area contributed by atoms with Gasteiger partial charge in [-0.3, -0.25) is 0 Å². The molecule has 16 heavy (non-hydrogen) atoms. The van der Waals surface area contributed by atoms with Gasteiger partial charge in [0.15, 0.2) is 0 Å². The van der Waals surface area contributed by atoms with Gasteiger partial charge in [-0.2, -0.15) is 0 Å². The van der Waals surface area contributed by atoms with Crippen molar-refractivity contribution >= 4 is 16.5 Å². The van der Waals surface area contributed by atoms with Crippen molar-refractivity contribution in [3.8, 4) is 0 Å². The standard InChI is InChI=1S/C11H20N4S/c1-2-6-15(11-14-13-9-16-11)8-10-4-3-5-12-7-10/h9-10,12H,2-8H2,1H3. The smallest absolute Gasteiger partial charge is 0.208 e. The van der Waals surface area contributed by atoms with E-state index in [0.717, 1.165) is 30.7 Å². The van der Waals surface area contributed by atoms with Crippen molar-refractivity contribution in [2.24, 2.45) is 5.92 Å². The van der Waals surface area contributed by atoms with E-state index in [1.807, 2.05) is 5.51 Å². The van der Waals surface area contributed by atoms with E-state index in [1.165, 1.54) is 25.8 Å². The van der Waals surface area contributed by atoms with Gasteiger partial charge in [-0.1, -0.05) is 18.3 Å². The summed E-state index contributed by atoms with van der Waals surface area (Å²) in [6.07, 6.45) is 3.81. The number of nitrogens with one attached hydrogen (secondary N) is 1. The van der Waals surface area contributed by atoms with Gasteiger partial charge in [0.05, 0.1) is 0 Å². The summed E-state index contributed by atoms with van der Waals surface area (Å²) in [4.78, 5) is 2.38. The molecule has 0 aromatic carbocycles. The maximum atomic E-state index is 4.17. The van der Waals surface area contributed by atoms with Crippen molar-refractivity contribution in [2.45, 2.75) is 26.2 Å². The monoisotopic (exact) mass is 240 g/mol. The SMILES string of the molecule is CCCN(CC1CCCNC1)c1nncs1. The van der Waals surface area contributed by atoms with Gasteiger partial charge in [0, 0.05) is 13.1 Å². The fourth-order valence-corrected chi connectivity index (χ4v) is 2.83. The summed E-state index contributed by atoms with van der Waals surface area (Å²) in [5.41, 5.74) is 1.82. The summed E-state index contributed by atoms with van der Waals surface area (Å²) >= 11 is 1.64. The Morgan fingerprint density at radius 1 is 1.62 bits per heavy atom. The van der Waals surface area contributed by atoms with Gasteiger partial charge >= 0.3 is 0 Å². The van der Waals surface area contributed by atoms with E-state index in [9.17, 15) is 0 Å². The van der Waals surface area contributed by atoms with E-state index in [2.05, 4.69) is 27.3 Å². The van der Waals surface area contributed by atoms with Crippen molar-refractivity contribution in [2.75, 3.05) is 31.1 Å². The molecular weight excluding hydrogens is 220 g/mol. The van der Waals surface area contributed by atoms with Crippen molar-refractivity contribution in [3.63, 3.8) is 0 Å². The van der Waals surface area contributed by atoms with Crippen LogP contribution in [0.4, 0.5) is 5.13 Å². The number of anilines is 1. The Labute approximate surface area is 101 Å². The van der Waals surface area contributed by atoms with E-state index < -0.39 is 0 Å². The fourth-order valence-electron chi connectivity index (χ4n) is 2.23. The summed E-state index contributed by atoms with van der Waals surface area (Å²) < 4.78 is 0. The van der Waals surface area contributed by atoms with Crippen LogP contribution in [-0.4, -0.2) is 36.4 Å². The van der Waals surface area contributed by atoms with Crippen LogP contribution in [0.3, 0.4) is 0 Å². The largest absolute Gasteiger partial charge is 0.346 e. The number of piperidine rings is 1. The Balaban J connectivity index is 1.91. The van der Waals surface area contributed by atoms with Crippen LogP contribution in [0.25, 0.3) is 0 Å². The van der Waals surface area contributed by atoms with Gasteiger partial charge in [0.1, 0.15) is 5.51 Å². The van der Waals surface area contributed by atoms with E-state index in [1.54, 1.807) is 11.3 Å². The van der Waals surface area contributed by atoms with Gasteiger partial charge < -0.3 is 10.2 Å². The number of nitrogens with zero attached hydrogens (tertiary/aromatic N) is 3. The molecule has 0 aliphatic carbocycles. The molecule has 0 spiro atoms. The van der Waals surface area contributed by atoms with Crippen LogP contribution in [-0.2, 0) is 0 Å². The van der Waals surface area contributed by atoms with Crippen LogP contribution in [0.1, 0.15) is 26.2 Å². The van der Waals surface area contributed by atoms with Crippen molar-refractivity contribution in [3.05, 3.63) is 5.51 Å². The summed E-state index contributed by atoms with van der Waals surface area (Å²) in [6, 6.07) is 0. The molecule has 0 amide bonds. The third-order valence-corrected chi connectivity index (χ3v) is 3.74. The highest BCUT2D eigenvalue weighted by Crippen LogP contribution is 2.20. The molecule has 90 valence electrons. The minimum Gasteiger partial charge on any atom is -0.346 e. The van der Waals surface area contributed by atoms with Crippen LogP contribution < -0.4 is 10.2 Å². The topological polar surface area (TPSA) is 41.0 Å². The highest BCUT2D eigenvalue weighted by Gasteiger charge is 2.18. The molecule has 4 nitrogen and oxygen atoms in total. The molecule has 1 aromatic rings. The number of hydrogen-bond acceptors (Lipinski definition) is 5. The predicted molar refractivity (Wildman–Crippen MR) is 68.0 cm³/mol. The van der Waals surface area contributed by atoms with E-state index in [4.69, 9.17) is 0 Å². The molecule has 5 heteroatoms. The second-order valence-electron chi connectivity index (χ2n) is 4.38. The highest BCUT2D eigenvalue weighted by atomic mass is 32.1. The second-order valence-corrected chi connectivity index (χ2v) is 5.19. The Kier molecular flexibility index (Phi) is 4.54. The molecule has 1 N–H and O–H groups in total. The number of hydrogen-bond donors (Lipinski definition) is 1. The first kappa shape index (κ1) is 11.8. The first-order valence-corrected chi connectivity index (χ1v) is 7.00. The molecule has 0 radical (unpaired) electrons. The average molecular weight is 240 g/mol. The molecule has 2 heterocycles. The lowest BCUT2D eigenvalue weighted by atomic mass is 9.99. The first-order valence-electron chi connectivity index (χ1n) is 6.12. The van der Waals surface area contributed by atoms with Crippen LogP contribution in [0.2, 0.25) is 0 Å². The third kappa shape index (κ3) is 3.15. The lowest BCUT2D eigenvalue weighted by Crippen LogP contribution is -2.38. The van der Waals surface area contributed by atoms with E-state index in [-0.39, 0.29) is 0 Å². The summed E-state index contributed by atoms with van der Waals surface area (Å²) in [5.74, 6) is 0.768. The summed E-state index contributed by atoms with van der Waals surface area (Å²) in [7, 11) is 0. The van der Waals surface area contributed by atoms with Crippen LogP contribution in [0, 0.1) is 5.92 Å². The zero-order valence-corrected chi connectivity index (χ0v) is 10.7. The first-order chi connectivity index (χ1) is 7.90. The van der Waals surface area contributed by atoms with Crippen LogP contribution >= 0.6 is 11.3 Å². The van der Waals surface area contributed by atoms with Crippen LogP contribution in [0.15, 0.2) is 5.51 Å². The maximum Gasteiger partial charge on any atom is 0.208 e. The molecule has 0 bridgehead atoms. The Morgan fingerprint density at radius 3 is 3.19 bits per heavy atom. The molecule has 1 fully saturated rings. The van der Waals surface area contributed by atoms with Gasteiger partial charge in [-0.25, -0.2) is 0 Å².